The van der Waals surface area contributed by atoms with E-state index in [1.165, 1.54) is 107 Å². The molecule has 0 aliphatic heterocycles. The van der Waals surface area contributed by atoms with Gasteiger partial charge >= 0.3 is 0 Å². The standard InChI is InChI=1S/C41H50.C13H12.C8H10.C7H8.C2H6/c1-10-12-16-33(26(3)15-11-2)35-21-19-31(23-27(35)4)29(6)30(7)32-20-22-37-38(25-32)41(8,9)39-24-28(5)34-17-13-14-18-36(34)40(37)39;1-11-7-9-13(10-8-11)12-5-3-2-4-6-12;1-7-4-3-5-8(2)6-7;1-7-5-3-2-4-6-7;1-2/h12,14,16,18-25,29-30H,10-11,13,15,17H2,1-9H3;2-10H,1H3;3-6H,1-2H3;2-6H,1H3;1-2H3/b16-12-,33-26-;;;;. The Kier molecular flexibility index (Phi) is 21.0. The van der Waals surface area contributed by atoms with Crippen molar-refractivity contribution in [3.63, 3.8) is 0 Å². The summed E-state index contributed by atoms with van der Waals surface area (Å²) in [5.41, 5.74) is 26.8. The van der Waals surface area contributed by atoms with Gasteiger partial charge in [0.15, 0.2) is 0 Å². The van der Waals surface area contributed by atoms with Crippen molar-refractivity contribution in [2.24, 2.45) is 0 Å². The zero-order valence-electron chi connectivity index (χ0n) is 46.4. The molecular formula is C71H86. The SMILES string of the molecule is CC.CC/C=C\C(=C(/C)CCC)c1ccc(C(C)C(C)c2ccc3c(c2)C(C)(C)c2cc(C)c4c(c2-3)C=CCC4)cc1C.Cc1ccc(-c2ccccc2)cc1.Cc1cccc(C)c1.Cc1ccccc1. The predicted molar refractivity (Wildman–Crippen MR) is 316 cm³/mol. The molecule has 2 aliphatic rings. The molecule has 2 atom stereocenters. The highest BCUT2D eigenvalue weighted by Gasteiger charge is 2.38. The van der Waals surface area contributed by atoms with E-state index in [1.807, 2.05) is 38.1 Å². The smallest absolute Gasteiger partial charge is 0.0159 e. The maximum absolute atomic E-state index is 2.54. The van der Waals surface area contributed by atoms with Crippen LogP contribution < -0.4 is 0 Å². The van der Waals surface area contributed by atoms with E-state index in [4.69, 9.17) is 0 Å². The third kappa shape index (κ3) is 14.4. The van der Waals surface area contributed by atoms with Crippen molar-refractivity contribution < 1.29 is 0 Å². The van der Waals surface area contributed by atoms with E-state index < -0.39 is 0 Å². The van der Waals surface area contributed by atoms with Crippen molar-refractivity contribution in [3.05, 3.63) is 248 Å². The number of hydrogen-bond acceptors (Lipinski definition) is 0. The lowest BCUT2D eigenvalue weighted by Gasteiger charge is -2.26. The molecule has 0 amide bonds. The van der Waals surface area contributed by atoms with Crippen LogP contribution in [-0.4, -0.2) is 0 Å². The Morgan fingerprint density at radius 3 is 1.69 bits per heavy atom. The molecule has 71 heavy (non-hydrogen) atoms. The summed E-state index contributed by atoms with van der Waals surface area (Å²) in [5, 5.41) is 0. The van der Waals surface area contributed by atoms with Crippen molar-refractivity contribution in [1.29, 1.82) is 0 Å². The maximum Gasteiger partial charge on any atom is 0.0159 e. The predicted octanol–water partition coefficient (Wildman–Crippen LogP) is 21.0. The first-order valence-electron chi connectivity index (χ1n) is 26.8. The zero-order valence-corrected chi connectivity index (χ0v) is 46.4. The summed E-state index contributed by atoms with van der Waals surface area (Å²) in [7, 11) is 0. The second-order valence-electron chi connectivity index (χ2n) is 20.3. The van der Waals surface area contributed by atoms with Crippen LogP contribution in [0.2, 0.25) is 0 Å². The van der Waals surface area contributed by atoms with Crippen molar-refractivity contribution in [3.8, 4) is 22.3 Å². The van der Waals surface area contributed by atoms with E-state index in [0.717, 1.165) is 25.7 Å². The Morgan fingerprint density at radius 1 is 0.577 bits per heavy atom. The third-order valence-corrected chi connectivity index (χ3v) is 14.4. The molecule has 7 aromatic carbocycles. The normalized spacial score (nSPS) is 13.7. The highest BCUT2D eigenvalue weighted by Crippen LogP contribution is 2.53. The number of allylic oxidation sites excluding steroid dienone is 5. The summed E-state index contributed by atoms with van der Waals surface area (Å²) in [4.78, 5) is 0. The van der Waals surface area contributed by atoms with Gasteiger partial charge < -0.3 is 0 Å². The third-order valence-electron chi connectivity index (χ3n) is 14.4. The molecule has 0 nitrogen and oxygen atoms in total. The van der Waals surface area contributed by atoms with Crippen LogP contribution in [0.15, 0.2) is 175 Å². The topological polar surface area (TPSA) is 0 Å². The number of rotatable bonds is 9. The molecule has 0 radical (unpaired) electrons. The van der Waals surface area contributed by atoms with Crippen molar-refractivity contribution in [2.75, 3.05) is 0 Å². The van der Waals surface area contributed by atoms with Gasteiger partial charge in [-0.05, 0) is 164 Å². The average Bonchev–Trinajstić information content (AvgIpc) is 3.60. The van der Waals surface area contributed by atoms with Gasteiger partial charge in [-0.1, -0.05) is 266 Å². The monoisotopic (exact) mass is 939 g/mol. The number of hydrogen-bond donors (Lipinski definition) is 0. The lowest BCUT2D eigenvalue weighted by atomic mass is 9.78. The maximum atomic E-state index is 2.54. The van der Waals surface area contributed by atoms with Crippen LogP contribution >= 0.6 is 0 Å². The first-order valence-corrected chi connectivity index (χ1v) is 26.8. The van der Waals surface area contributed by atoms with Crippen LogP contribution in [0, 0.1) is 41.5 Å². The van der Waals surface area contributed by atoms with Crippen LogP contribution in [0.3, 0.4) is 0 Å². The molecule has 0 fully saturated rings. The van der Waals surface area contributed by atoms with Crippen LogP contribution in [-0.2, 0) is 11.8 Å². The molecule has 7 aromatic rings. The van der Waals surface area contributed by atoms with Gasteiger partial charge in [0.05, 0.1) is 0 Å². The molecule has 9 rings (SSSR count). The van der Waals surface area contributed by atoms with Crippen LogP contribution in [0.4, 0.5) is 0 Å². The second-order valence-corrected chi connectivity index (χ2v) is 20.3. The molecule has 2 unspecified atom stereocenters. The van der Waals surface area contributed by atoms with Crippen molar-refractivity contribution in [1.82, 2.24) is 0 Å². The van der Waals surface area contributed by atoms with Gasteiger partial charge in [-0.3, -0.25) is 0 Å². The van der Waals surface area contributed by atoms with Gasteiger partial charge in [0.2, 0.25) is 0 Å². The fourth-order valence-electron chi connectivity index (χ4n) is 10.1. The summed E-state index contributed by atoms with van der Waals surface area (Å²) in [6.07, 6.45) is 15.1. The van der Waals surface area contributed by atoms with Gasteiger partial charge in [-0.25, -0.2) is 0 Å². The van der Waals surface area contributed by atoms with Crippen molar-refractivity contribution >= 4 is 11.6 Å². The van der Waals surface area contributed by atoms with E-state index in [-0.39, 0.29) is 5.41 Å². The van der Waals surface area contributed by atoms with Gasteiger partial charge in [0.1, 0.15) is 0 Å². The molecule has 0 bridgehead atoms. The Labute approximate surface area is 432 Å². The van der Waals surface area contributed by atoms with E-state index in [9.17, 15) is 0 Å². The fourth-order valence-corrected chi connectivity index (χ4v) is 10.1. The Hall–Kier alpha value is -6.24. The summed E-state index contributed by atoms with van der Waals surface area (Å²) in [5.74, 6) is 0.860. The first kappa shape index (κ1) is 55.7. The lowest BCUT2D eigenvalue weighted by molar-refractivity contribution is 0.616. The number of benzene rings is 7. The highest BCUT2D eigenvalue weighted by molar-refractivity contribution is 5.89. The van der Waals surface area contributed by atoms with Crippen LogP contribution in [0.5, 0.6) is 0 Å². The van der Waals surface area contributed by atoms with Crippen LogP contribution in [0.1, 0.15) is 172 Å². The Balaban J connectivity index is 0.000000249. The van der Waals surface area contributed by atoms with Crippen molar-refractivity contribution in [2.45, 2.75) is 153 Å². The number of aryl methyl sites for hydroxylation is 6. The average molecular weight is 939 g/mol. The molecular weight excluding hydrogens is 853 g/mol. The Morgan fingerprint density at radius 2 is 1.14 bits per heavy atom. The van der Waals surface area contributed by atoms with E-state index in [0.29, 0.717) is 11.8 Å². The molecule has 2 aliphatic carbocycles. The molecule has 0 spiro atoms. The molecule has 0 N–H and O–H groups in total. The summed E-state index contributed by atoms with van der Waals surface area (Å²) in [6, 6.07) is 54.8. The Bertz CT molecular complexity index is 2840. The molecule has 0 saturated heterocycles. The first-order chi connectivity index (χ1) is 34.1. The molecule has 0 saturated carbocycles. The minimum Gasteiger partial charge on any atom is -0.0842 e. The quantitative estimate of drug-likeness (QED) is 0.127. The molecule has 370 valence electrons. The minimum atomic E-state index is 0.0119. The van der Waals surface area contributed by atoms with E-state index >= 15 is 0 Å². The molecule has 0 heterocycles. The molecule has 0 heteroatoms. The lowest BCUT2D eigenvalue weighted by Crippen LogP contribution is -2.16. The van der Waals surface area contributed by atoms with E-state index in [2.05, 4.69) is 242 Å². The van der Waals surface area contributed by atoms with Gasteiger partial charge in [0, 0.05) is 5.41 Å². The second kappa shape index (κ2) is 26.8. The zero-order chi connectivity index (χ0) is 51.7. The van der Waals surface area contributed by atoms with Gasteiger partial charge in [-0.2, -0.15) is 0 Å². The highest BCUT2D eigenvalue weighted by atomic mass is 14.4. The van der Waals surface area contributed by atoms with Gasteiger partial charge in [0.25, 0.3) is 0 Å². The summed E-state index contributed by atoms with van der Waals surface area (Å²) < 4.78 is 0. The minimum absolute atomic E-state index is 0.0119. The summed E-state index contributed by atoms with van der Waals surface area (Å²) in [6.45, 7) is 33.5. The van der Waals surface area contributed by atoms with Gasteiger partial charge in [-0.15, -0.1) is 0 Å². The van der Waals surface area contributed by atoms with Crippen LogP contribution in [0.25, 0.3) is 33.9 Å². The largest absolute Gasteiger partial charge is 0.0842 e. The molecule has 0 aromatic heterocycles. The number of fused-ring (bicyclic) bond motifs is 5. The van der Waals surface area contributed by atoms with E-state index in [1.54, 1.807) is 5.56 Å². The fraction of sp³-hybridized carbons (Fsp3) is 0.324. The summed E-state index contributed by atoms with van der Waals surface area (Å²) >= 11 is 0.